The number of para-hydroxylation sites is 1. The van der Waals surface area contributed by atoms with Crippen LogP contribution in [0.2, 0.25) is 0 Å². The number of anilines is 1. The minimum Gasteiger partial charge on any atom is -0.342 e. The van der Waals surface area contributed by atoms with Crippen molar-refractivity contribution in [1.29, 1.82) is 0 Å². The number of rotatable bonds is 5. The van der Waals surface area contributed by atoms with E-state index in [0.717, 1.165) is 31.6 Å². The number of nitrogens with zero attached hydrogens (tertiary/aromatic N) is 3. The Kier molecular flexibility index (Phi) is 4.90. The lowest BCUT2D eigenvalue weighted by atomic mass is 10.1. The summed E-state index contributed by atoms with van der Waals surface area (Å²) >= 11 is 0. The minimum absolute atomic E-state index is 0.107. The monoisotopic (exact) mass is 329 g/mol. The highest BCUT2D eigenvalue weighted by Gasteiger charge is 2.40. The maximum absolute atomic E-state index is 13.0. The number of carbonyl (C=O) groups is 2. The lowest BCUT2D eigenvalue weighted by Crippen LogP contribution is -2.41. The van der Waals surface area contributed by atoms with E-state index in [-0.39, 0.29) is 23.8 Å². The van der Waals surface area contributed by atoms with Crippen LogP contribution in [0.4, 0.5) is 5.69 Å². The zero-order valence-electron chi connectivity index (χ0n) is 14.9. The smallest absolute Gasteiger partial charge is 0.232 e. The molecule has 2 aliphatic rings. The van der Waals surface area contributed by atoms with Gasteiger partial charge in [0.25, 0.3) is 0 Å². The van der Waals surface area contributed by atoms with Gasteiger partial charge >= 0.3 is 0 Å². The summed E-state index contributed by atoms with van der Waals surface area (Å²) in [6.07, 6.45) is 2.20. The van der Waals surface area contributed by atoms with Crippen molar-refractivity contribution < 1.29 is 9.59 Å². The average molecular weight is 329 g/mol. The molecular formula is C19H27N3O2. The lowest BCUT2D eigenvalue weighted by molar-refractivity contribution is -0.128. The Bertz CT molecular complexity index is 629. The summed E-state index contributed by atoms with van der Waals surface area (Å²) in [4.78, 5) is 31.2. The molecule has 1 aromatic rings. The topological polar surface area (TPSA) is 43.9 Å². The first-order valence-electron chi connectivity index (χ1n) is 8.81. The molecule has 2 heterocycles. The number of amides is 2. The number of hydrogen-bond donors (Lipinski definition) is 0. The summed E-state index contributed by atoms with van der Waals surface area (Å²) in [5.74, 6) is 0.0219. The zero-order chi connectivity index (χ0) is 17.3. The third-order valence-electron chi connectivity index (χ3n) is 5.04. The molecule has 0 N–H and O–H groups in total. The van der Waals surface area contributed by atoms with Crippen molar-refractivity contribution in [2.75, 3.05) is 38.6 Å². The van der Waals surface area contributed by atoms with Crippen LogP contribution in [0.1, 0.15) is 25.3 Å². The molecule has 1 saturated heterocycles. The van der Waals surface area contributed by atoms with Gasteiger partial charge in [-0.1, -0.05) is 18.2 Å². The number of benzene rings is 1. The number of carbonyl (C=O) groups excluding carboxylic acids is 2. The van der Waals surface area contributed by atoms with Crippen molar-refractivity contribution in [3.05, 3.63) is 29.8 Å². The SMILES string of the molecule is CC1Cc2ccccc2N1C(=O)C1CC(=O)N(CCCN(C)C)C1. The highest BCUT2D eigenvalue weighted by atomic mass is 16.2. The van der Waals surface area contributed by atoms with Crippen LogP contribution in [0, 0.1) is 5.92 Å². The maximum atomic E-state index is 13.0. The lowest BCUT2D eigenvalue weighted by Gasteiger charge is -2.26. The van der Waals surface area contributed by atoms with Gasteiger partial charge in [0, 0.05) is 31.2 Å². The van der Waals surface area contributed by atoms with Gasteiger partial charge in [-0.3, -0.25) is 9.59 Å². The molecule has 0 bridgehead atoms. The highest BCUT2D eigenvalue weighted by molar-refractivity contribution is 6.01. The Morgan fingerprint density at radius 1 is 1.25 bits per heavy atom. The van der Waals surface area contributed by atoms with Crippen molar-refractivity contribution in [1.82, 2.24) is 9.80 Å². The third kappa shape index (κ3) is 3.31. The summed E-state index contributed by atoms with van der Waals surface area (Å²) in [6.45, 7) is 4.35. The molecule has 0 radical (unpaired) electrons. The van der Waals surface area contributed by atoms with Crippen LogP contribution in [0.25, 0.3) is 0 Å². The van der Waals surface area contributed by atoms with Gasteiger partial charge in [0.1, 0.15) is 0 Å². The Balaban J connectivity index is 1.65. The van der Waals surface area contributed by atoms with E-state index < -0.39 is 0 Å². The first kappa shape index (κ1) is 17.0. The van der Waals surface area contributed by atoms with Crippen LogP contribution in [0.3, 0.4) is 0 Å². The van der Waals surface area contributed by atoms with Crippen molar-refractivity contribution in [2.24, 2.45) is 5.92 Å². The van der Waals surface area contributed by atoms with Crippen LogP contribution in [0.5, 0.6) is 0 Å². The molecule has 2 atom stereocenters. The predicted molar refractivity (Wildman–Crippen MR) is 95.0 cm³/mol. The zero-order valence-corrected chi connectivity index (χ0v) is 14.9. The van der Waals surface area contributed by atoms with Gasteiger partial charge in [-0.25, -0.2) is 0 Å². The summed E-state index contributed by atoms with van der Waals surface area (Å²) in [5, 5.41) is 0. The van der Waals surface area contributed by atoms with Crippen LogP contribution in [-0.4, -0.2) is 61.4 Å². The minimum atomic E-state index is -0.203. The van der Waals surface area contributed by atoms with Crippen molar-refractivity contribution in [3.8, 4) is 0 Å². The van der Waals surface area contributed by atoms with Crippen molar-refractivity contribution in [2.45, 2.75) is 32.2 Å². The van der Waals surface area contributed by atoms with E-state index in [1.807, 2.05) is 42.1 Å². The highest BCUT2D eigenvalue weighted by Crippen LogP contribution is 2.34. The van der Waals surface area contributed by atoms with E-state index in [1.165, 1.54) is 5.56 Å². The van der Waals surface area contributed by atoms with Crippen molar-refractivity contribution >= 4 is 17.5 Å². The Morgan fingerprint density at radius 3 is 2.75 bits per heavy atom. The second-order valence-electron chi connectivity index (χ2n) is 7.29. The quantitative estimate of drug-likeness (QED) is 0.827. The Labute approximate surface area is 144 Å². The molecule has 0 aromatic heterocycles. The van der Waals surface area contributed by atoms with E-state index in [9.17, 15) is 9.59 Å². The fraction of sp³-hybridized carbons (Fsp3) is 0.579. The molecule has 3 rings (SSSR count). The summed E-state index contributed by atoms with van der Waals surface area (Å²) in [5.41, 5.74) is 2.25. The number of fused-ring (bicyclic) bond motifs is 1. The van der Waals surface area contributed by atoms with Crippen LogP contribution < -0.4 is 4.90 Å². The van der Waals surface area contributed by atoms with Gasteiger partial charge in [-0.2, -0.15) is 0 Å². The molecule has 1 aromatic carbocycles. The fourth-order valence-electron chi connectivity index (χ4n) is 3.83. The maximum Gasteiger partial charge on any atom is 0.232 e. The van der Waals surface area contributed by atoms with Gasteiger partial charge in [-0.15, -0.1) is 0 Å². The van der Waals surface area contributed by atoms with Crippen LogP contribution in [0.15, 0.2) is 24.3 Å². The number of hydrogen-bond acceptors (Lipinski definition) is 3. The molecule has 0 aliphatic carbocycles. The molecule has 24 heavy (non-hydrogen) atoms. The summed E-state index contributed by atoms with van der Waals surface area (Å²) in [6, 6.07) is 8.28. The van der Waals surface area contributed by atoms with Gasteiger partial charge < -0.3 is 14.7 Å². The average Bonchev–Trinajstić information content (AvgIpc) is 3.06. The molecule has 2 aliphatic heterocycles. The molecule has 5 nitrogen and oxygen atoms in total. The van der Waals surface area contributed by atoms with Gasteiger partial charge in [0.2, 0.25) is 11.8 Å². The molecule has 0 spiro atoms. The van der Waals surface area contributed by atoms with Crippen LogP contribution in [-0.2, 0) is 16.0 Å². The molecule has 0 saturated carbocycles. The largest absolute Gasteiger partial charge is 0.342 e. The molecule has 2 unspecified atom stereocenters. The second-order valence-corrected chi connectivity index (χ2v) is 7.29. The Hall–Kier alpha value is -1.88. The molecule has 5 heteroatoms. The van der Waals surface area contributed by atoms with E-state index in [2.05, 4.69) is 17.9 Å². The third-order valence-corrected chi connectivity index (χ3v) is 5.04. The van der Waals surface area contributed by atoms with Gasteiger partial charge in [-0.05, 0) is 52.0 Å². The Morgan fingerprint density at radius 2 is 2.00 bits per heavy atom. The molecular weight excluding hydrogens is 302 g/mol. The molecule has 130 valence electrons. The van der Waals surface area contributed by atoms with Crippen LogP contribution >= 0.6 is 0 Å². The fourth-order valence-corrected chi connectivity index (χ4v) is 3.83. The van der Waals surface area contributed by atoms with E-state index in [0.29, 0.717) is 13.0 Å². The number of likely N-dealkylation sites (tertiary alicyclic amines) is 1. The first-order chi connectivity index (χ1) is 11.5. The standard InChI is InChI=1S/C19H27N3O2/c1-14-11-15-7-4-5-8-17(15)22(14)19(24)16-12-18(23)21(13-16)10-6-9-20(2)3/h4-5,7-8,14,16H,6,9-13H2,1-3H3. The van der Waals surface area contributed by atoms with Crippen molar-refractivity contribution in [3.63, 3.8) is 0 Å². The van der Waals surface area contributed by atoms with E-state index in [4.69, 9.17) is 0 Å². The summed E-state index contributed by atoms with van der Waals surface area (Å²) < 4.78 is 0. The van der Waals surface area contributed by atoms with E-state index >= 15 is 0 Å². The molecule has 2 amide bonds. The van der Waals surface area contributed by atoms with Gasteiger partial charge in [0.05, 0.1) is 5.92 Å². The summed E-state index contributed by atoms with van der Waals surface area (Å²) in [7, 11) is 4.06. The molecule has 1 fully saturated rings. The first-order valence-corrected chi connectivity index (χ1v) is 8.81. The van der Waals surface area contributed by atoms with E-state index in [1.54, 1.807) is 0 Å². The predicted octanol–water partition coefficient (Wildman–Crippen LogP) is 1.76. The van der Waals surface area contributed by atoms with Gasteiger partial charge in [0.15, 0.2) is 0 Å². The normalized spacial score (nSPS) is 23.2. The second kappa shape index (κ2) is 6.93.